The maximum atomic E-state index is 13.1. The number of fused-ring (bicyclic) bond motifs is 1. The third kappa shape index (κ3) is 3.10. The van der Waals surface area contributed by atoms with Gasteiger partial charge in [-0.15, -0.1) is 0 Å². The number of carbonyl (C=O) groups is 1. The topological polar surface area (TPSA) is 74.1 Å². The number of aryl methyl sites for hydroxylation is 1. The van der Waals surface area contributed by atoms with Gasteiger partial charge in [0, 0.05) is 18.5 Å². The van der Waals surface area contributed by atoms with Gasteiger partial charge >= 0.3 is 5.97 Å². The fourth-order valence-electron chi connectivity index (χ4n) is 3.64. The SMILES string of the molecule is CSc1ncc2c(C)c(Br)c(=O)n([C@H]3CCC[C@]3(C)OC(C)=O)c2n1. The van der Waals surface area contributed by atoms with Crippen LogP contribution in [0.15, 0.2) is 20.6 Å². The van der Waals surface area contributed by atoms with Crippen molar-refractivity contribution in [2.75, 3.05) is 6.26 Å². The van der Waals surface area contributed by atoms with Crippen LogP contribution in [0.5, 0.6) is 0 Å². The van der Waals surface area contributed by atoms with Crippen molar-refractivity contribution in [3.05, 3.63) is 26.6 Å². The number of carbonyl (C=O) groups excluding carboxylic acids is 1. The number of aromatic nitrogens is 3. The summed E-state index contributed by atoms with van der Waals surface area (Å²) in [4.78, 5) is 33.6. The van der Waals surface area contributed by atoms with Crippen LogP contribution in [0.3, 0.4) is 0 Å². The first-order valence-electron chi connectivity index (χ1n) is 8.09. The Balaban J connectivity index is 2.31. The van der Waals surface area contributed by atoms with Gasteiger partial charge in [-0.3, -0.25) is 14.2 Å². The maximum absolute atomic E-state index is 13.1. The van der Waals surface area contributed by atoms with Crippen molar-refractivity contribution >= 4 is 44.7 Å². The first-order chi connectivity index (χ1) is 11.8. The highest BCUT2D eigenvalue weighted by Gasteiger charge is 2.44. The van der Waals surface area contributed by atoms with Crippen LogP contribution in [-0.2, 0) is 9.53 Å². The molecule has 0 N–H and O–H groups in total. The molecule has 1 fully saturated rings. The van der Waals surface area contributed by atoms with Crippen molar-refractivity contribution in [2.45, 2.75) is 56.8 Å². The summed E-state index contributed by atoms with van der Waals surface area (Å²) in [6.07, 6.45) is 6.01. The summed E-state index contributed by atoms with van der Waals surface area (Å²) in [5.74, 6) is -0.336. The standard InChI is InChI=1S/C17H20BrN3O3S/c1-9-11-8-19-16(25-4)20-14(11)21(15(23)13(9)18)12-6-5-7-17(12,3)24-10(2)22/h8,12H,5-7H2,1-4H3/t12-,17-/m0/s1. The first-order valence-corrected chi connectivity index (χ1v) is 10.1. The molecule has 6 nitrogen and oxygen atoms in total. The average Bonchev–Trinajstić information content (AvgIpc) is 2.92. The summed E-state index contributed by atoms with van der Waals surface area (Å²) >= 11 is 4.85. The monoisotopic (exact) mass is 425 g/mol. The highest BCUT2D eigenvalue weighted by Crippen LogP contribution is 2.43. The molecule has 25 heavy (non-hydrogen) atoms. The predicted octanol–water partition coefficient (Wildman–Crippen LogP) is 3.63. The fraction of sp³-hybridized carbons (Fsp3) is 0.529. The lowest BCUT2D eigenvalue weighted by Crippen LogP contribution is -2.41. The second-order valence-corrected chi connectivity index (χ2v) is 8.09. The minimum absolute atomic E-state index is 0.152. The van der Waals surface area contributed by atoms with Crippen LogP contribution in [0.2, 0.25) is 0 Å². The van der Waals surface area contributed by atoms with Crippen LogP contribution in [0.25, 0.3) is 11.0 Å². The number of thioether (sulfide) groups is 1. The van der Waals surface area contributed by atoms with E-state index in [0.717, 1.165) is 30.2 Å². The Kier molecular flexibility index (Phi) is 4.94. The number of rotatable bonds is 3. The van der Waals surface area contributed by atoms with E-state index in [1.54, 1.807) is 10.8 Å². The van der Waals surface area contributed by atoms with Gasteiger partial charge < -0.3 is 4.74 Å². The molecule has 0 amide bonds. The molecule has 2 aromatic heterocycles. The molecule has 1 saturated carbocycles. The Labute approximate surface area is 158 Å². The van der Waals surface area contributed by atoms with Gasteiger partial charge in [0.25, 0.3) is 5.56 Å². The summed E-state index contributed by atoms with van der Waals surface area (Å²) in [6, 6.07) is -0.257. The van der Waals surface area contributed by atoms with Gasteiger partial charge in [0.2, 0.25) is 0 Å². The Morgan fingerprint density at radius 2 is 2.24 bits per heavy atom. The highest BCUT2D eigenvalue weighted by atomic mass is 79.9. The zero-order valence-electron chi connectivity index (χ0n) is 14.6. The van der Waals surface area contributed by atoms with Gasteiger partial charge in [0.15, 0.2) is 5.16 Å². The van der Waals surface area contributed by atoms with E-state index in [2.05, 4.69) is 25.9 Å². The normalized spacial score (nSPS) is 23.2. The molecule has 3 rings (SSSR count). The van der Waals surface area contributed by atoms with Crippen LogP contribution >= 0.6 is 27.7 Å². The van der Waals surface area contributed by atoms with Gasteiger partial charge in [-0.2, -0.15) is 0 Å². The van der Waals surface area contributed by atoms with Crippen LogP contribution in [0.4, 0.5) is 0 Å². The van der Waals surface area contributed by atoms with Crippen molar-refractivity contribution in [2.24, 2.45) is 0 Å². The molecule has 2 aromatic rings. The predicted molar refractivity (Wildman–Crippen MR) is 101 cm³/mol. The highest BCUT2D eigenvalue weighted by molar-refractivity contribution is 9.10. The molecule has 0 unspecified atom stereocenters. The molecular formula is C17H20BrN3O3S. The molecule has 2 atom stereocenters. The van der Waals surface area contributed by atoms with Crippen molar-refractivity contribution in [1.29, 1.82) is 0 Å². The third-order valence-electron chi connectivity index (χ3n) is 4.84. The largest absolute Gasteiger partial charge is 0.457 e. The van der Waals surface area contributed by atoms with Crippen molar-refractivity contribution in [3.63, 3.8) is 0 Å². The summed E-state index contributed by atoms with van der Waals surface area (Å²) in [6.45, 7) is 5.18. The van der Waals surface area contributed by atoms with Crippen LogP contribution in [-0.4, -0.2) is 32.4 Å². The molecule has 0 spiro atoms. The van der Waals surface area contributed by atoms with E-state index >= 15 is 0 Å². The molecule has 134 valence electrons. The van der Waals surface area contributed by atoms with E-state index in [1.165, 1.54) is 18.7 Å². The Hall–Kier alpha value is -1.41. The van der Waals surface area contributed by atoms with Crippen LogP contribution < -0.4 is 5.56 Å². The minimum atomic E-state index is -0.720. The molecule has 0 saturated heterocycles. The minimum Gasteiger partial charge on any atom is -0.457 e. The molecule has 1 aliphatic rings. The van der Waals surface area contributed by atoms with Gasteiger partial charge in [0.1, 0.15) is 11.2 Å². The van der Waals surface area contributed by atoms with Crippen molar-refractivity contribution in [1.82, 2.24) is 14.5 Å². The number of halogens is 1. The van der Waals surface area contributed by atoms with E-state index in [4.69, 9.17) is 4.74 Å². The zero-order valence-corrected chi connectivity index (χ0v) is 17.0. The first kappa shape index (κ1) is 18.4. The maximum Gasteiger partial charge on any atom is 0.303 e. The summed E-state index contributed by atoms with van der Waals surface area (Å²) in [5.41, 5.74) is 0.536. The zero-order chi connectivity index (χ0) is 18.4. The molecule has 0 aliphatic heterocycles. The number of esters is 1. The lowest BCUT2D eigenvalue weighted by molar-refractivity contribution is -0.158. The van der Waals surface area contributed by atoms with Gasteiger partial charge in [-0.1, -0.05) is 11.8 Å². The Bertz CT molecular complexity index is 914. The lowest BCUT2D eigenvalue weighted by Gasteiger charge is -2.33. The second kappa shape index (κ2) is 6.72. The van der Waals surface area contributed by atoms with Crippen LogP contribution in [0, 0.1) is 6.92 Å². The summed E-state index contributed by atoms with van der Waals surface area (Å²) < 4.78 is 7.82. The molecule has 0 radical (unpaired) electrons. The Morgan fingerprint density at radius 3 is 2.88 bits per heavy atom. The van der Waals surface area contributed by atoms with E-state index < -0.39 is 5.60 Å². The fourth-order valence-corrected chi connectivity index (χ4v) is 4.38. The number of hydrogen-bond donors (Lipinski definition) is 0. The smallest absolute Gasteiger partial charge is 0.303 e. The molecular weight excluding hydrogens is 406 g/mol. The quantitative estimate of drug-likeness (QED) is 0.424. The molecule has 1 aliphatic carbocycles. The number of nitrogens with zero attached hydrogens (tertiary/aromatic N) is 3. The van der Waals surface area contributed by atoms with Crippen molar-refractivity contribution < 1.29 is 9.53 Å². The Morgan fingerprint density at radius 1 is 1.52 bits per heavy atom. The third-order valence-corrected chi connectivity index (χ3v) is 6.34. The van der Waals surface area contributed by atoms with Gasteiger partial charge in [-0.05, 0) is 60.9 Å². The van der Waals surface area contributed by atoms with Gasteiger partial charge in [0.05, 0.1) is 10.5 Å². The number of pyridine rings is 1. The van der Waals surface area contributed by atoms with E-state index in [1.807, 2.05) is 20.1 Å². The lowest BCUT2D eigenvalue weighted by atomic mass is 9.99. The van der Waals surface area contributed by atoms with E-state index in [-0.39, 0.29) is 17.6 Å². The van der Waals surface area contributed by atoms with Crippen molar-refractivity contribution in [3.8, 4) is 0 Å². The number of hydrogen-bond acceptors (Lipinski definition) is 6. The van der Waals surface area contributed by atoms with E-state index in [0.29, 0.717) is 15.3 Å². The summed E-state index contributed by atoms with van der Waals surface area (Å²) in [5, 5.41) is 1.43. The molecule has 2 heterocycles. The molecule has 0 aromatic carbocycles. The second-order valence-electron chi connectivity index (χ2n) is 6.52. The van der Waals surface area contributed by atoms with Gasteiger partial charge in [-0.25, -0.2) is 9.97 Å². The molecule has 0 bridgehead atoms. The summed E-state index contributed by atoms with van der Waals surface area (Å²) in [7, 11) is 0. The number of ether oxygens (including phenoxy) is 1. The van der Waals surface area contributed by atoms with Crippen LogP contribution in [0.1, 0.15) is 44.7 Å². The molecule has 8 heteroatoms. The van der Waals surface area contributed by atoms with E-state index in [9.17, 15) is 9.59 Å². The average molecular weight is 426 g/mol.